The Hall–Kier alpha value is -1.51. The lowest BCUT2D eigenvalue weighted by Crippen LogP contribution is -2.33. The van der Waals surface area contributed by atoms with E-state index in [0.717, 1.165) is 17.8 Å². The first kappa shape index (κ1) is 14.6. The summed E-state index contributed by atoms with van der Waals surface area (Å²) in [5.41, 5.74) is 5.47. The van der Waals surface area contributed by atoms with Crippen molar-refractivity contribution in [3.63, 3.8) is 0 Å². The summed E-state index contributed by atoms with van der Waals surface area (Å²) in [7, 11) is 0. The number of rotatable bonds is 5. The SMILES string of the molecule is CCCNc1nc(N)c(C(=O)NCC(F)(F)F)s1. The van der Waals surface area contributed by atoms with E-state index in [2.05, 4.69) is 10.3 Å². The van der Waals surface area contributed by atoms with E-state index in [0.29, 0.717) is 11.7 Å². The Morgan fingerprint density at radius 1 is 1.50 bits per heavy atom. The molecule has 0 aliphatic carbocycles. The highest BCUT2D eigenvalue weighted by molar-refractivity contribution is 7.18. The topological polar surface area (TPSA) is 80.0 Å². The highest BCUT2D eigenvalue weighted by atomic mass is 32.1. The Kier molecular flexibility index (Phi) is 4.76. The van der Waals surface area contributed by atoms with Gasteiger partial charge in [0.25, 0.3) is 5.91 Å². The fraction of sp³-hybridized carbons (Fsp3) is 0.556. The second-order valence-corrected chi connectivity index (χ2v) is 4.46. The number of nitrogen functional groups attached to an aromatic ring is 1. The van der Waals surface area contributed by atoms with Crippen molar-refractivity contribution in [2.45, 2.75) is 19.5 Å². The molecule has 0 bridgehead atoms. The fourth-order valence-corrected chi connectivity index (χ4v) is 1.89. The molecular formula is C9H13F3N4OS. The van der Waals surface area contributed by atoms with Crippen LogP contribution in [0.4, 0.5) is 24.1 Å². The summed E-state index contributed by atoms with van der Waals surface area (Å²) in [4.78, 5) is 15.3. The lowest BCUT2D eigenvalue weighted by Gasteiger charge is -2.06. The van der Waals surface area contributed by atoms with Crippen LogP contribution in [0.2, 0.25) is 0 Å². The molecule has 0 aromatic carbocycles. The lowest BCUT2D eigenvalue weighted by molar-refractivity contribution is -0.123. The van der Waals surface area contributed by atoms with Crippen molar-refractivity contribution < 1.29 is 18.0 Å². The molecule has 1 heterocycles. The number of amides is 1. The van der Waals surface area contributed by atoms with Gasteiger partial charge in [0.15, 0.2) is 5.13 Å². The largest absolute Gasteiger partial charge is 0.405 e. The predicted molar refractivity (Wildman–Crippen MR) is 63.7 cm³/mol. The maximum atomic E-state index is 11.9. The first-order valence-corrected chi connectivity index (χ1v) is 6.00. The third-order valence-corrected chi connectivity index (χ3v) is 2.86. The van der Waals surface area contributed by atoms with Crippen LogP contribution in [0, 0.1) is 0 Å². The maximum Gasteiger partial charge on any atom is 0.405 e. The van der Waals surface area contributed by atoms with Gasteiger partial charge < -0.3 is 16.4 Å². The molecule has 1 rings (SSSR count). The Labute approximate surface area is 106 Å². The zero-order valence-corrected chi connectivity index (χ0v) is 10.4. The molecule has 1 aromatic rings. The monoisotopic (exact) mass is 282 g/mol. The van der Waals surface area contributed by atoms with Crippen molar-refractivity contribution >= 4 is 28.2 Å². The van der Waals surface area contributed by atoms with Gasteiger partial charge in [0.1, 0.15) is 17.2 Å². The summed E-state index contributed by atoms with van der Waals surface area (Å²) in [6, 6.07) is 0. The quantitative estimate of drug-likeness (QED) is 0.770. The van der Waals surface area contributed by atoms with Crippen LogP contribution in [0.1, 0.15) is 23.0 Å². The number of thiazole rings is 1. The molecule has 102 valence electrons. The minimum atomic E-state index is -4.45. The Bertz CT molecular complexity index is 418. The first-order chi connectivity index (χ1) is 8.33. The molecule has 5 nitrogen and oxygen atoms in total. The highest BCUT2D eigenvalue weighted by Crippen LogP contribution is 2.25. The minimum absolute atomic E-state index is 0.0159. The second-order valence-electron chi connectivity index (χ2n) is 3.46. The van der Waals surface area contributed by atoms with Crippen molar-refractivity contribution in [1.29, 1.82) is 0 Å². The maximum absolute atomic E-state index is 11.9. The van der Waals surface area contributed by atoms with E-state index >= 15 is 0 Å². The average Bonchev–Trinajstić information content (AvgIpc) is 2.64. The number of nitrogens with one attached hydrogen (secondary N) is 2. The molecule has 18 heavy (non-hydrogen) atoms. The number of anilines is 2. The number of carbonyl (C=O) groups excluding carboxylic acids is 1. The van der Waals surface area contributed by atoms with Crippen LogP contribution < -0.4 is 16.4 Å². The standard InChI is InChI=1S/C9H13F3N4OS/c1-2-3-14-8-16-6(13)5(18-8)7(17)15-4-9(10,11)12/h2-4,13H2,1H3,(H,14,16)(H,15,17). The molecule has 0 saturated heterocycles. The second kappa shape index (κ2) is 5.89. The molecule has 0 aliphatic heterocycles. The van der Waals surface area contributed by atoms with Crippen LogP contribution in [0.3, 0.4) is 0 Å². The van der Waals surface area contributed by atoms with E-state index in [9.17, 15) is 18.0 Å². The number of alkyl halides is 3. The molecule has 0 unspecified atom stereocenters. The van der Waals surface area contributed by atoms with E-state index in [4.69, 9.17) is 5.73 Å². The third-order valence-electron chi connectivity index (χ3n) is 1.84. The predicted octanol–water partition coefficient (Wildman–Crippen LogP) is 1.84. The number of nitrogens with zero attached hydrogens (tertiary/aromatic N) is 1. The molecule has 0 saturated carbocycles. The molecule has 0 atom stereocenters. The van der Waals surface area contributed by atoms with Gasteiger partial charge in [-0.25, -0.2) is 4.98 Å². The van der Waals surface area contributed by atoms with Gasteiger partial charge in [0.2, 0.25) is 0 Å². The fourth-order valence-electron chi connectivity index (χ4n) is 1.06. The molecule has 1 aromatic heterocycles. The van der Waals surface area contributed by atoms with E-state index in [1.54, 1.807) is 5.32 Å². The van der Waals surface area contributed by atoms with Gasteiger partial charge in [-0.2, -0.15) is 13.2 Å². The summed E-state index contributed by atoms with van der Waals surface area (Å²) in [5, 5.41) is 5.08. The normalized spacial score (nSPS) is 11.3. The van der Waals surface area contributed by atoms with Crippen molar-refractivity contribution in [1.82, 2.24) is 10.3 Å². The van der Waals surface area contributed by atoms with Gasteiger partial charge >= 0.3 is 6.18 Å². The summed E-state index contributed by atoms with van der Waals surface area (Å²) < 4.78 is 35.8. The minimum Gasteiger partial charge on any atom is -0.382 e. The average molecular weight is 282 g/mol. The van der Waals surface area contributed by atoms with Crippen molar-refractivity contribution in [2.75, 3.05) is 24.1 Å². The van der Waals surface area contributed by atoms with Crippen LogP contribution in [0.25, 0.3) is 0 Å². The molecule has 4 N–H and O–H groups in total. The van der Waals surface area contributed by atoms with Crippen molar-refractivity contribution in [3.8, 4) is 0 Å². The third kappa shape index (κ3) is 4.40. The highest BCUT2D eigenvalue weighted by Gasteiger charge is 2.28. The summed E-state index contributed by atoms with van der Waals surface area (Å²) in [5.74, 6) is -0.940. The summed E-state index contributed by atoms with van der Waals surface area (Å²) in [6.45, 7) is 1.21. The first-order valence-electron chi connectivity index (χ1n) is 5.18. The van der Waals surface area contributed by atoms with Gasteiger partial charge in [-0.3, -0.25) is 4.79 Å². The van der Waals surface area contributed by atoms with E-state index < -0.39 is 18.6 Å². The molecule has 0 fully saturated rings. The Morgan fingerprint density at radius 3 is 2.72 bits per heavy atom. The number of halogens is 3. The van der Waals surface area contributed by atoms with Gasteiger partial charge in [-0.1, -0.05) is 18.3 Å². The number of hydrogen-bond acceptors (Lipinski definition) is 5. The number of hydrogen-bond donors (Lipinski definition) is 3. The van der Waals surface area contributed by atoms with Crippen molar-refractivity contribution in [2.24, 2.45) is 0 Å². The summed E-state index contributed by atoms with van der Waals surface area (Å²) >= 11 is 0.932. The number of nitrogens with two attached hydrogens (primary N) is 1. The number of carbonyl (C=O) groups is 1. The molecule has 0 aliphatic rings. The van der Waals surface area contributed by atoms with E-state index in [-0.39, 0.29) is 10.7 Å². The van der Waals surface area contributed by atoms with Crippen LogP contribution in [-0.2, 0) is 0 Å². The van der Waals surface area contributed by atoms with Crippen LogP contribution >= 0.6 is 11.3 Å². The Balaban J connectivity index is 2.65. The van der Waals surface area contributed by atoms with E-state index in [1.807, 2.05) is 6.92 Å². The number of aromatic nitrogens is 1. The zero-order chi connectivity index (χ0) is 13.8. The Morgan fingerprint density at radius 2 is 2.17 bits per heavy atom. The molecule has 0 radical (unpaired) electrons. The summed E-state index contributed by atoms with van der Waals surface area (Å²) in [6.07, 6.45) is -3.59. The van der Waals surface area contributed by atoms with Crippen molar-refractivity contribution in [3.05, 3.63) is 4.88 Å². The molecule has 9 heteroatoms. The van der Waals surface area contributed by atoms with Crippen LogP contribution in [0.15, 0.2) is 0 Å². The zero-order valence-electron chi connectivity index (χ0n) is 9.60. The van der Waals surface area contributed by atoms with Gasteiger partial charge in [-0.05, 0) is 6.42 Å². The van der Waals surface area contributed by atoms with E-state index in [1.165, 1.54) is 0 Å². The smallest absolute Gasteiger partial charge is 0.382 e. The van der Waals surface area contributed by atoms with Gasteiger partial charge in [0.05, 0.1) is 0 Å². The van der Waals surface area contributed by atoms with Crippen LogP contribution in [0.5, 0.6) is 0 Å². The van der Waals surface area contributed by atoms with Gasteiger partial charge in [0, 0.05) is 6.54 Å². The molecular weight excluding hydrogens is 269 g/mol. The molecule has 0 spiro atoms. The van der Waals surface area contributed by atoms with Crippen LogP contribution in [-0.4, -0.2) is 30.2 Å². The lowest BCUT2D eigenvalue weighted by atomic mass is 10.4. The molecule has 1 amide bonds. The van der Waals surface area contributed by atoms with Gasteiger partial charge in [-0.15, -0.1) is 0 Å².